The van der Waals surface area contributed by atoms with Crippen LogP contribution in [0, 0.1) is 19.8 Å². The van der Waals surface area contributed by atoms with Crippen molar-refractivity contribution in [3.05, 3.63) is 59.2 Å². The third-order valence-electron chi connectivity index (χ3n) is 6.86. The number of sulfonamides is 1. The predicted octanol–water partition coefficient (Wildman–Crippen LogP) is 3.97. The van der Waals surface area contributed by atoms with Crippen molar-refractivity contribution >= 4 is 21.6 Å². The van der Waals surface area contributed by atoms with Gasteiger partial charge in [-0.25, -0.2) is 8.42 Å². The van der Waals surface area contributed by atoms with Crippen LogP contribution >= 0.6 is 0 Å². The first kappa shape index (κ1) is 26.2. The van der Waals surface area contributed by atoms with Crippen molar-refractivity contribution in [1.82, 2.24) is 10.2 Å². The number of benzene rings is 2. The number of aryl methyl sites for hydroxylation is 1. The maximum atomic E-state index is 12.9. The van der Waals surface area contributed by atoms with E-state index in [9.17, 15) is 13.2 Å². The standard InChI is InChI=1S/C26H37N3O4S/c1-5-21(6-2)25(29-14-16-33-17-15-29)18-27-26(30)22-10-12-23(13-11-22)34(31,32)28-24-9-7-8-19(3)20(24)4/h7-13,21,25,28H,5-6,14-18H2,1-4H3,(H,27,30). The molecule has 0 aliphatic carbocycles. The smallest absolute Gasteiger partial charge is 0.261 e. The van der Waals surface area contributed by atoms with Crippen molar-refractivity contribution in [2.45, 2.75) is 51.5 Å². The Balaban J connectivity index is 1.67. The lowest BCUT2D eigenvalue weighted by atomic mass is 9.92. The van der Waals surface area contributed by atoms with Gasteiger partial charge in [-0.3, -0.25) is 14.4 Å². The van der Waals surface area contributed by atoms with Crippen LogP contribution in [0.15, 0.2) is 47.4 Å². The molecular weight excluding hydrogens is 450 g/mol. The van der Waals surface area contributed by atoms with Crippen molar-refractivity contribution in [3.63, 3.8) is 0 Å². The SMILES string of the molecule is CCC(CC)C(CNC(=O)c1ccc(S(=O)(=O)Nc2cccc(C)c2C)cc1)N1CCOCC1. The van der Waals surface area contributed by atoms with Gasteiger partial charge in [0.15, 0.2) is 0 Å². The second-order valence-electron chi connectivity index (χ2n) is 8.88. The van der Waals surface area contributed by atoms with Gasteiger partial charge in [0.2, 0.25) is 0 Å². The van der Waals surface area contributed by atoms with Crippen LogP contribution in [0.3, 0.4) is 0 Å². The first-order valence-electron chi connectivity index (χ1n) is 12.1. The third kappa shape index (κ3) is 6.37. The molecule has 0 radical (unpaired) electrons. The molecule has 0 spiro atoms. The molecule has 2 aromatic rings. The van der Waals surface area contributed by atoms with Crippen LogP contribution in [-0.4, -0.2) is 58.1 Å². The highest BCUT2D eigenvalue weighted by atomic mass is 32.2. The Hall–Kier alpha value is -2.42. The lowest BCUT2D eigenvalue weighted by Crippen LogP contribution is -2.52. The first-order valence-corrected chi connectivity index (χ1v) is 13.5. The minimum Gasteiger partial charge on any atom is -0.379 e. The second kappa shape index (κ2) is 11.8. The topological polar surface area (TPSA) is 87.7 Å². The Morgan fingerprint density at radius 1 is 1.03 bits per heavy atom. The minimum absolute atomic E-state index is 0.119. The number of rotatable bonds is 10. The largest absolute Gasteiger partial charge is 0.379 e. The molecule has 1 aliphatic rings. The number of amides is 1. The fraction of sp³-hybridized carbons (Fsp3) is 0.500. The van der Waals surface area contributed by atoms with E-state index >= 15 is 0 Å². The second-order valence-corrected chi connectivity index (χ2v) is 10.6. The van der Waals surface area contributed by atoms with Crippen LogP contribution in [-0.2, 0) is 14.8 Å². The number of hydrogen-bond donors (Lipinski definition) is 2. The average Bonchev–Trinajstić information content (AvgIpc) is 2.85. The number of carbonyl (C=O) groups is 1. The summed E-state index contributed by atoms with van der Waals surface area (Å²) in [6, 6.07) is 11.8. The van der Waals surface area contributed by atoms with E-state index in [0.717, 1.165) is 50.3 Å². The van der Waals surface area contributed by atoms with Gasteiger partial charge < -0.3 is 10.1 Å². The van der Waals surface area contributed by atoms with Gasteiger partial charge >= 0.3 is 0 Å². The number of hydrogen-bond acceptors (Lipinski definition) is 5. The normalized spacial score (nSPS) is 15.8. The van der Waals surface area contributed by atoms with Crippen LogP contribution in [0.2, 0.25) is 0 Å². The first-order chi connectivity index (χ1) is 16.3. The summed E-state index contributed by atoms with van der Waals surface area (Å²) in [5.41, 5.74) is 2.89. The number of nitrogens with one attached hydrogen (secondary N) is 2. The molecule has 1 unspecified atom stereocenters. The highest BCUT2D eigenvalue weighted by Crippen LogP contribution is 2.23. The molecule has 1 atom stereocenters. The highest BCUT2D eigenvalue weighted by Gasteiger charge is 2.27. The van der Waals surface area contributed by atoms with Crippen molar-refractivity contribution in [3.8, 4) is 0 Å². The van der Waals surface area contributed by atoms with E-state index in [-0.39, 0.29) is 16.8 Å². The molecule has 1 amide bonds. The van der Waals surface area contributed by atoms with Crippen LogP contribution in [0.5, 0.6) is 0 Å². The highest BCUT2D eigenvalue weighted by molar-refractivity contribution is 7.92. The summed E-state index contributed by atoms with van der Waals surface area (Å²) in [6.45, 7) is 11.9. The van der Waals surface area contributed by atoms with E-state index in [1.54, 1.807) is 18.2 Å². The molecule has 1 fully saturated rings. The molecule has 8 heteroatoms. The quantitative estimate of drug-likeness (QED) is 0.530. The molecule has 1 aliphatic heterocycles. The van der Waals surface area contributed by atoms with Crippen molar-refractivity contribution in [2.75, 3.05) is 37.6 Å². The summed E-state index contributed by atoms with van der Waals surface area (Å²) < 4.78 is 33.8. The van der Waals surface area contributed by atoms with Crippen molar-refractivity contribution in [2.24, 2.45) is 5.92 Å². The number of anilines is 1. The molecule has 3 rings (SSSR count). The zero-order valence-electron chi connectivity index (χ0n) is 20.6. The zero-order valence-corrected chi connectivity index (χ0v) is 21.5. The van der Waals surface area contributed by atoms with Crippen LogP contribution in [0.1, 0.15) is 48.2 Å². The molecule has 2 aromatic carbocycles. The van der Waals surface area contributed by atoms with Gasteiger partial charge in [0.05, 0.1) is 23.8 Å². The summed E-state index contributed by atoms with van der Waals surface area (Å²) >= 11 is 0. The van der Waals surface area contributed by atoms with E-state index in [0.29, 0.717) is 23.7 Å². The maximum Gasteiger partial charge on any atom is 0.261 e. The molecule has 2 N–H and O–H groups in total. The van der Waals surface area contributed by atoms with Gasteiger partial charge in [0.1, 0.15) is 0 Å². The Labute approximate surface area is 203 Å². The van der Waals surface area contributed by atoms with Gasteiger partial charge in [-0.1, -0.05) is 38.8 Å². The zero-order chi connectivity index (χ0) is 24.7. The summed E-state index contributed by atoms with van der Waals surface area (Å²) in [5, 5.41) is 3.07. The van der Waals surface area contributed by atoms with Crippen LogP contribution in [0.4, 0.5) is 5.69 Å². The molecule has 1 heterocycles. The molecule has 1 saturated heterocycles. The molecule has 186 valence electrons. The Morgan fingerprint density at radius 3 is 2.29 bits per heavy atom. The van der Waals surface area contributed by atoms with E-state index < -0.39 is 10.0 Å². The van der Waals surface area contributed by atoms with Crippen LogP contribution < -0.4 is 10.0 Å². The molecule has 34 heavy (non-hydrogen) atoms. The van der Waals surface area contributed by atoms with E-state index in [4.69, 9.17) is 4.74 Å². The van der Waals surface area contributed by atoms with Crippen molar-refractivity contribution in [1.29, 1.82) is 0 Å². The number of ether oxygens (including phenoxy) is 1. The van der Waals surface area contributed by atoms with Gasteiger partial charge in [-0.15, -0.1) is 0 Å². The van der Waals surface area contributed by atoms with Gasteiger partial charge in [0.25, 0.3) is 15.9 Å². The summed E-state index contributed by atoms with van der Waals surface area (Å²) in [4.78, 5) is 15.4. The van der Waals surface area contributed by atoms with Gasteiger partial charge in [-0.2, -0.15) is 0 Å². The lowest BCUT2D eigenvalue weighted by molar-refractivity contribution is 0.00191. The Morgan fingerprint density at radius 2 is 1.68 bits per heavy atom. The van der Waals surface area contributed by atoms with Gasteiger partial charge in [-0.05, 0) is 61.2 Å². The number of carbonyl (C=O) groups excluding carboxylic acids is 1. The molecular formula is C26H37N3O4S. The van der Waals surface area contributed by atoms with Crippen molar-refractivity contribution < 1.29 is 17.9 Å². The van der Waals surface area contributed by atoms with E-state index in [2.05, 4.69) is 28.8 Å². The van der Waals surface area contributed by atoms with E-state index in [1.165, 1.54) is 12.1 Å². The third-order valence-corrected chi connectivity index (χ3v) is 8.24. The fourth-order valence-electron chi connectivity index (χ4n) is 4.49. The monoisotopic (exact) mass is 487 g/mol. The molecule has 0 bridgehead atoms. The summed E-state index contributed by atoms with van der Waals surface area (Å²) in [6.07, 6.45) is 2.10. The lowest BCUT2D eigenvalue weighted by Gasteiger charge is -2.38. The predicted molar refractivity (Wildman–Crippen MR) is 136 cm³/mol. The Kier molecular flexibility index (Phi) is 9.10. The van der Waals surface area contributed by atoms with E-state index in [1.807, 2.05) is 26.0 Å². The number of nitrogens with zero attached hydrogens (tertiary/aromatic N) is 1. The minimum atomic E-state index is -3.75. The number of morpholine rings is 1. The molecule has 0 saturated carbocycles. The Bertz CT molecular complexity index is 1060. The summed E-state index contributed by atoms with van der Waals surface area (Å²) in [7, 11) is -3.75. The van der Waals surface area contributed by atoms with Gasteiger partial charge in [0, 0.05) is 31.2 Å². The molecule has 7 nitrogen and oxygen atoms in total. The maximum absolute atomic E-state index is 12.9. The fourth-order valence-corrected chi connectivity index (χ4v) is 5.61. The molecule has 0 aromatic heterocycles. The average molecular weight is 488 g/mol. The van der Waals surface area contributed by atoms with Crippen LogP contribution in [0.25, 0.3) is 0 Å². The summed E-state index contributed by atoms with van der Waals surface area (Å²) in [5.74, 6) is 0.290.